The molecule has 0 aromatic carbocycles. The summed E-state index contributed by atoms with van der Waals surface area (Å²) in [5.74, 6) is -1.03. The highest BCUT2D eigenvalue weighted by Crippen LogP contribution is 2.61. The van der Waals surface area contributed by atoms with E-state index >= 15 is 0 Å². The molecule has 0 aliphatic carbocycles. The number of aromatic nitrogens is 4. The number of hydrogen-bond acceptors (Lipinski definition) is 18. The van der Waals surface area contributed by atoms with Crippen molar-refractivity contribution in [2.24, 2.45) is 5.41 Å². The molecular formula is C39H68N7O17P3S. The molecule has 0 bridgehead atoms. The van der Waals surface area contributed by atoms with E-state index in [-0.39, 0.29) is 41.6 Å². The lowest BCUT2D eigenvalue weighted by Gasteiger charge is -2.30. The van der Waals surface area contributed by atoms with E-state index in [4.69, 9.17) is 19.5 Å². The maximum atomic E-state index is 12.7. The molecule has 2 aromatic heterocycles. The number of aliphatic hydroxyl groups excluding tert-OH is 2. The number of ether oxygens (including phenoxy) is 1. The number of rotatable bonds is 34. The monoisotopic (exact) mass is 1030 g/mol. The van der Waals surface area contributed by atoms with Crippen molar-refractivity contribution in [1.82, 2.24) is 30.2 Å². The highest BCUT2D eigenvalue weighted by molar-refractivity contribution is 8.13. The minimum atomic E-state index is -5.58. The number of carbonyl (C=O) groups is 3. The molecule has 1 aliphatic heterocycles. The molecule has 3 heterocycles. The van der Waals surface area contributed by atoms with Gasteiger partial charge in [-0.3, -0.25) is 32.5 Å². The topological polar surface area (TPSA) is 364 Å². The Hall–Kier alpha value is -2.70. The molecule has 3 rings (SSSR count). The maximum Gasteiger partial charge on any atom is 0.481 e. The summed E-state index contributed by atoms with van der Waals surface area (Å²) in [6.07, 6.45) is 13.5. The number of unbranched alkanes of at least 4 members (excludes halogenated alkanes) is 11. The van der Waals surface area contributed by atoms with Gasteiger partial charge in [0.2, 0.25) is 11.8 Å². The minimum absolute atomic E-state index is 0.0331. The van der Waals surface area contributed by atoms with Crippen molar-refractivity contribution in [3.05, 3.63) is 24.8 Å². The predicted molar refractivity (Wildman–Crippen MR) is 247 cm³/mol. The van der Waals surface area contributed by atoms with Crippen LogP contribution >= 0.6 is 35.2 Å². The Balaban J connectivity index is 1.30. The van der Waals surface area contributed by atoms with Crippen LogP contribution < -0.4 is 16.4 Å². The Labute approximate surface area is 394 Å². The predicted octanol–water partition coefficient (Wildman–Crippen LogP) is 4.70. The largest absolute Gasteiger partial charge is 0.481 e. The molecule has 1 saturated heterocycles. The second-order valence-corrected chi connectivity index (χ2v) is 22.0. The van der Waals surface area contributed by atoms with Gasteiger partial charge in [0, 0.05) is 37.1 Å². The summed E-state index contributed by atoms with van der Waals surface area (Å²) in [4.78, 5) is 88.3. The van der Waals surface area contributed by atoms with Crippen molar-refractivity contribution in [2.45, 2.75) is 148 Å². The first-order chi connectivity index (χ1) is 31.6. The van der Waals surface area contributed by atoms with E-state index in [0.29, 0.717) is 12.2 Å². The number of thioether (sulfide) groups is 1. The Kier molecular flexibility index (Phi) is 25.2. The molecule has 24 nitrogen and oxygen atoms in total. The van der Waals surface area contributed by atoms with E-state index < -0.39 is 84.6 Å². The SMILES string of the molecule is CCCCCCCC/C=C/CCCCCCCC(=O)SCCNC(=O)CCNC(=O)C(O)C(C)(C)COP(=O)(O)OP(=O)(O)OCC1OC(n2cnc3c(N)ncnc32)C(O)C1OP(=O)(O)O. The molecule has 28 heteroatoms. The summed E-state index contributed by atoms with van der Waals surface area (Å²) in [6.45, 7) is 2.79. The molecule has 2 aromatic rings. The lowest BCUT2D eigenvalue weighted by atomic mass is 9.87. The molecule has 0 spiro atoms. The van der Waals surface area contributed by atoms with Gasteiger partial charge in [0.1, 0.15) is 36.3 Å². The normalized spacial score (nSPS) is 20.2. The van der Waals surface area contributed by atoms with Crippen LogP contribution in [0, 0.1) is 5.41 Å². The van der Waals surface area contributed by atoms with Crippen LogP contribution in [-0.4, -0.2) is 123 Å². The van der Waals surface area contributed by atoms with Crippen LogP contribution in [0.25, 0.3) is 11.2 Å². The molecule has 10 N–H and O–H groups in total. The van der Waals surface area contributed by atoms with Gasteiger partial charge in [0.05, 0.1) is 19.5 Å². The van der Waals surface area contributed by atoms with Gasteiger partial charge in [0.25, 0.3) is 0 Å². The van der Waals surface area contributed by atoms with Crippen LogP contribution in [0.15, 0.2) is 24.8 Å². The minimum Gasteiger partial charge on any atom is -0.386 e. The molecule has 0 saturated carbocycles. The van der Waals surface area contributed by atoms with Crippen LogP contribution in [0.4, 0.5) is 5.82 Å². The van der Waals surface area contributed by atoms with E-state index in [1.54, 1.807) is 0 Å². The Morgan fingerprint density at radius 3 is 2.18 bits per heavy atom. The number of phosphoric acid groups is 3. The van der Waals surface area contributed by atoms with Crippen LogP contribution in [-0.2, 0) is 50.7 Å². The number of imidazole rings is 1. The highest BCUT2D eigenvalue weighted by atomic mass is 32.2. The standard InChI is InChI=1S/C39H68N7O17P3S/c1-4-5-6-7-8-9-10-11-12-13-14-15-16-17-18-19-30(48)67-23-22-41-29(47)20-21-42-37(51)34(50)39(2,3)25-60-66(57,58)63-65(55,56)59-24-28-33(62-64(52,53)54)32(49)38(61-28)46-27-45-31-35(40)43-26-44-36(31)46/h11-12,26-28,32-34,38,49-50H,4-10,13-25H2,1-3H3,(H,41,47)(H,42,51)(H,55,56)(H,57,58)(H2,40,43,44)(H2,52,53,54)/b12-11+. The summed E-state index contributed by atoms with van der Waals surface area (Å²) in [5, 5.41) is 26.7. The average Bonchev–Trinajstić information content (AvgIpc) is 3.81. The van der Waals surface area contributed by atoms with Crippen LogP contribution in [0.1, 0.15) is 123 Å². The first-order valence-corrected chi connectivity index (χ1v) is 27.8. The van der Waals surface area contributed by atoms with Gasteiger partial charge >= 0.3 is 23.5 Å². The van der Waals surface area contributed by atoms with Crippen molar-refractivity contribution in [2.75, 3.05) is 37.8 Å². The first kappa shape index (κ1) is 58.6. The number of nitrogens with zero attached hydrogens (tertiary/aromatic N) is 4. The Morgan fingerprint density at radius 2 is 1.52 bits per heavy atom. The maximum absolute atomic E-state index is 12.7. The average molecular weight is 1030 g/mol. The third kappa shape index (κ3) is 21.9. The Bertz CT molecular complexity index is 2040. The Morgan fingerprint density at radius 1 is 0.896 bits per heavy atom. The van der Waals surface area contributed by atoms with Gasteiger partial charge in [-0.2, -0.15) is 4.31 Å². The molecule has 0 radical (unpaired) electrons. The second kappa shape index (κ2) is 28.8. The van der Waals surface area contributed by atoms with Crippen molar-refractivity contribution >= 4 is 69.1 Å². The lowest BCUT2D eigenvalue weighted by Crippen LogP contribution is -2.46. The summed E-state index contributed by atoms with van der Waals surface area (Å²) >= 11 is 1.15. The van der Waals surface area contributed by atoms with Crippen molar-refractivity contribution in [3.8, 4) is 0 Å². The zero-order chi connectivity index (χ0) is 49.7. The summed E-state index contributed by atoms with van der Waals surface area (Å²) in [6, 6.07) is 0. The van der Waals surface area contributed by atoms with E-state index in [1.165, 1.54) is 52.4 Å². The van der Waals surface area contributed by atoms with Crippen molar-refractivity contribution < 1.29 is 80.5 Å². The zero-order valence-electron chi connectivity index (χ0n) is 38.1. The summed E-state index contributed by atoms with van der Waals surface area (Å²) in [7, 11) is -16.4. The number of fused-ring (bicyclic) bond motifs is 1. The van der Waals surface area contributed by atoms with E-state index in [0.717, 1.165) is 73.9 Å². The van der Waals surface area contributed by atoms with Gasteiger partial charge in [-0.1, -0.05) is 96.1 Å². The lowest BCUT2D eigenvalue weighted by molar-refractivity contribution is -0.137. The molecule has 7 atom stereocenters. The van der Waals surface area contributed by atoms with Crippen LogP contribution in [0.2, 0.25) is 0 Å². The fourth-order valence-electron chi connectivity index (χ4n) is 6.71. The van der Waals surface area contributed by atoms with Crippen LogP contribution in [0.5, 0.6) is 0 Å². The number of carbonyl (C=O) groups excluding carboxylic acids is 3. The molecule has 1 fully saturated rings. The third-order valence-electron chi connectivity index (χ3n) is 10.4. The third-order valence-corrected chi connectivity index (χ3v) is 14.4. The van der Waals surface area contributed by atoms with E-state index in [2.05, 4.69) is 53.5 Å². The van der Waals surface area contributed by atoms with Crippen molar-refractivity contribution in [3.63, 3.8) is 0 Å². The number of allylic oxidation sites excluding steroid dienone is 2. The molecular weight excluding hydrogens is 963 g/mol. The smallest absolute Gasteiger partial charge is 0.386 e. The van der Waals surface area contributed by atoms with E-state index in [1.807, 2.05) is 0 Å². The second-order valence-electron chi connectivity index (χ2n) is 16.6. The number of hydrogen-bond donors (Lipinski definition) is 9. The summed E-state index contributed by atoms with van der Waals surface area (Å²) in [5.41, 5.74) is 4.29. The van der Waals surface area contributed by atoms with E-state index in [9.17, 15) is 57.9 Å². The number of nitrogens with one attached hydrogen (secondary N) is 2. The zero-order valence-corrected chi connectivity index (χ0v) is 41.6. The number of nitrogen functional groups attached to an aromatic ring is 1. The first-order valence-electron chi connectivity index (χ1n) is 22.3. The molecule has 7 unspecified atom stereocenters. The quantitative estimate of drug-likeness (QED) is 0.0260. The number of amides is 2. The van der Waals surface area contributed by atoms with Crippen molar-refractivity contribution in [1.29, 1.82) is 0 Å². The van der Waals surface area contributed by atoms with Gasteiger partial charge in [-0.15, -0.1) is 0 Å². The highest BCUT2D eigenvalue weighted by Gasteiger charge is 2.50. The number of anilines is 1. The van der Waals surface area contributed by atoms with Gasteiger partial charge in [-0.25, -0.2) is 28.6 Å². The molecule has 67 heavy (non-hydrogen) atoms. The number of nitrogens with two attached hydrogens (primary N) is 1. The molecule has 1 aliphatic rings. The van der Waals surface area contributed by atoms with Gasteiger partial charge < -0.3 is 50.9 Å². The fraction of sp³-hybridized carbons (Fsp3) is 0.744. The number of phosphoric ester groups is 3. The van der Waals surface area contributed by atoms with Gasteiger partial charge in [-0.05, 0) is 32.1 Å². The van der Waals surface area contributed by atoms with Crippen LogP contribution in [0.3, 0.4) is 0 Å². The molecule has 382 valence electrons. The fourth-order valence-corrected chi connectivity index (χ4v) is 10.3. The summed E-state index contributed by atoms with van der Waals surface area (Å²) < 4.78 is 62.4. The van der Waals surface area contributed by atoms with Gasteiger partial charge in [0.15, 0.2) is 22.8 Å². The molecule has 2 amide bonds. The number of aliphatic hydroxyl groups is 2.